The minimum absolute atomic E-state index is 0.00310. The molecule has 0 unspecified atom stereocenters. The van der Waals surface area contributed by atoms with Crippen LogP contribution in [0, 0.1) is 0 Å². The highest BCUT2D eigenvalue weighted by molar-refractivity contribution is 6.01. The summed E-state index contributed by atoms with van der Waals surface area (Å²) in [5.74, 6) is 0.519. The van der Waals surface area contributed by atoms with Crippen molar-refractivity contribution >= 4 is 28.4 Å². The summed E-state index contributed by atoms with van der Waals surface area (Å²) in [6, 6.07) is 6.00. The average Bonchev–Trinajstić information content (AvgIpc) is 3.53. The number of hydrogen-bond acceptors (Lipinski definition) is 8. The van der Waals surface area contributed by atoms with E-state index in [4.69, 9.17) is 24.2 Å². The minimum atomic E-state index is -0.206. The maximum absolute atomic E-state index is 13.2. The smallest absolute Gasteiger partial charge is 0.257 e. The van der Waals surface area contributed by atoms with E-state index in [9.17, 15) is 4.79 Å². The quantitative estimate of drug-likeness (QED) is 0.394. The molecule has 0 bridgehead atoms. The Labute approximate surface area is 214 Å². The number of nitrogens with zero attached hydrogens (tertiary/aromatic N) is 5. The molecule has 11 nitrogen and oxygen atoms in total. The molecule has 0 aromatic carbocycles. The molecule has 0 radical (unpaired) electrons. The number of amides is 1. The highest BCUT2D eigenvalue weighted by Crippen LogP contribution is 2.35. The van der Waals surface area contributed by atoms with Crippen molar-refractivity contribution in [2.45, 2.75) is 43.6 Å². The van der Waals surface area contributed by atoms with Gasteiger partial charge in [0.05, 0.1) is 36.7 Å². The number of carbonyl (C=O) groups excluding carboxylic acids is 1. The zero-order valence-corrected chi connectivity index (χ0v) is 21.2. The van der Waals surface area contributed by atoms with Crippen LogP contribution in [-0.4, -0.2) is 82.8 Å². The van der Waals surface area contributed by atoms with E-state index in [1.807, 2.05) is 25.2 Å². The molecular weight excluding hydrogens is 474 g/mol. The maximum Gasteiger partial charge on any atom is 0.257 e. The molecule has 37 heavy (non-hydrogen) atoms. The van der Waals surface area contributed by atoms with Gasteiger partial charge < -0.3 is 29.4 Å². The average molecular weight is 506 g/mol. The van der Waals surface area contributed by atoms with Crippen LogP contribution in [0.2, 0.25) is 0 Å². The van der Waals surface area contributed by atoms with Gasteiger partial charge in [-0.15, -0.1) is 0 Å². The zero-order valence-electron chi connectivity index (χ0n) is 21.2. The number of carbonyl (C=O) groups is 1. The second kappa shape index (κ2) is 9.73. The van der Waals surface area contributed by atoms with Crippen molar-refractivity contribution in [3.63, 3.8) is 0 Å². The number of pyridine rings is 1. The summed E-state index contributed by atoms with van der Waals surface area (Å²) >= 11 is 0. The molecule has 1 amide bonds. The lowest BCUT2D eigenvalue weighted by atomic mass is 9.89. The molecule has 5 heterocycles. The molecule has 4 atom stereocenters. The van der Waals surface area contributed by atoms with Crippen LogP contribution in [0.1, 0.15) is 35.7 Å². The molecule has 194 valence electrons. The number of aromatic nitrogens is 5. The van der Waals surface area contributed by atoms with Gasteiger partial charge in [0.25, 0.3) is 5.91 Å². The largest absolute Gasteiger partial charge is 0.379 e. The predicted molar refractivity (Wildman–Crippen MR) is 138 cm³/mol. The standard InChI is InChI=1S/C26H31N7O4/c1-27-23-11-19(30-25-16(12-29-33(23)25)26(34)31-18-6-7-21(18)35-2)17-13-32(24-15(17)5-4-9-28-24)20-8-10-37-14-22(20)36-3/h4-5,9,11-13,18,20-22,27H,6-8,10,14H2,1-3H3,(H,31,34)/t18-,20-,21-,22+/m1/s1. The highest BCUT2D eigenvalue weighted by atomic mass is 16.5. The van der Waals surface area contributed by atoms with Crippen LogP contribution >= 0.6 is 0 Å². The molecule has 6 rings (SSSR count). The van der Waals surface area contributed by atoms with Gasteiger partial charge in [-0.1, -0.05) is 0 Å². The van der Waals surface area contributed by atoms with Crippen molar-refractivity contribution in [1.82, 2.24) is 29.5 Å². The summed E-state index contributed by atoms with van der Waals surface area (Å²) in [5, 5.41) is 11.7. The van der Waals surface area contributed by atoms with E-state index in [-0.39, 0.29) is 30.2 Å². The van der Waals surface area contributed by atoms with E-state index in [1.54, 1.807) is 31.1 Å². The molecule has 11 heteroatoms. The van der Waals surface area contributed by atoms with Gasteiger partial charge in [-0.2, -0.15) is 9.61 Å². The summed E-state index contributed by atoms with van der Waals surface area (Å²) in [6.07, 6.45) is 8.08. The van der Waals surface area contributed by atoms with Gasteiger partial charge in [0.15, 0.2) is 5.65 Å². The number of methoxy groups -OCH3 is 2. The third-order valence-corrected chi connectivity index (χ3v) is 7.60. The number of nitrogens with one attached hydrogen (secondary N) is 2. The lowest BCUT2D eigenvalue weighted by Crippen LogP contribution is -2.51. The first-order valence-corrected chi connectivity index (χ1v) is 12.6. The summed E-state index contributed by atoms with van der Waals surface area (Å²) in [6.45, 7) is 1.20. The van der Waals surface area contributed by atoms with Gasteiger partial charge in [-0.3, -0.25) is 4.79 Å². The molecule has 1 saturated carbocycles. The van der Waals surface area contributed by atoms with E-state index in [0.29, 0.717) is 24.4 Å². The molecule has 4 aromatic rings. The first kappa shape index (κ1) is 23.8. The topological polar surface area (TPSA) is 117 Å². The maximum atomic E-state index is 13.2. The van der Waals surface area contributed by atoms with Crippen LogP contribution in [0.5, 0.6) is 0 Å². The Hall–Kier alpha value is -3.54. The molecule has 2 aliphatic rings. The minimum Gasteiger partial charge on any atom is -0.379 e. The normalized spacial score (nSPS) is 23.8. The molecule has 1 saturated heterocycles. The monoisotopic (exact) mass is 505 g/mol. The second-order valence-corrected chi connectivity index (χ2v) is 9.53. The van der Waals surface area contributed by atoms with Crippen LogP contribution in [0.15, 0.2) is 36.8 Å². The van der Waals surface area contributed by atoms with Gasteiger partial charge in [0.2, 0.25) is 0 Å². The van der Waals surface area contributed by atoms with E-state index in [0.717, 1.165) is 47.4 Å². The number of fused-ring (bicyclic) bond motifs is 2. The van der Waals surface area contributed by atoms with E-state index < -0.39 is 0 Å². The summed E-state index contributed by atoms with van der Waals surface area (Å²) in [7, 11) is 5.21. The zero-order chi connectivity index (χ0) is 25.5. The number of rotatable bonds is 7. The molecule has 1 aliphatic heterocycles. The van der Waals surface area contributed by atoms with Crippen LogP contribution in [-0.2, 0) is 14.2 Å². The van der Waals surface area contributed by atoms with Gasteiger partial charge in [0.1, 0.15) is 23.1 Å². The van der Waals surface area contributed by atoms with Crippen molar-refractivity contribution in [3.05, 3.63) is 42.4 Å². The predicted octanol–water partition coefficient (Wildman–Crippen LogP) is 2.67. The molecule has 2 N–H and O–H groups in total. The van der Waals surface area contributed by atoms with Crippen LogP contribution in [0.3, 0.4) is 0 Å². The molecule has 0 spiro atoms. The Morgan fingerprint density at radius 2 is 2.03 bits per heavy atom. The Kier molecular flexibility index (Phi) is 6.27. The van der Waals surface area contributed by atoms with Gasteiger partial charge in [-0.05, 0) is 31.4 Å². The van der Waals surface area contributed by atoms with Gasteiger partial charge in [0, 0.05) is 57.3 Å². The molecule has 2 fully saturated rings. The number of hydrogen-bond donors (Lipinski definition) is 2. The van der Waals surface area contributed by atoms with E-state index in [2.05, 4.69) is 26.5 Å². The molecular formula is C26H31N7O4. The number of ether oxygens (including phenoxy) is 3. The fraction of sp³-hybridized carbons (Fsp3) is 0.462. The van der Waals surface area contributed by atoms with Crippen molar-refractivity contribution in [3.8, 4) is 11.3 Å². The Bertz CT molecular complexity index is 1450. The lowest BCUT2D eigenvalue weighted by Gasteiger charge is -2.35. The third-order valence-electron chi connectivity index (χ3n) is 7.60. The lowest BCUT2D eigenvalue weighted by molar-refractivity contribution is -0.0592. The van der Waals surface area contributed by atoms with Crippen molar-refractivity contribution in [2.75, 3.05) is 39.8 Å². The summed E-state index contributed by atoms with van der Waals surface area (Å²) in [5.41, 5.74) is 3.42. The second-order valence-electron chi connectivity index (χ2n) is 9.53. The number of anilines is 1. The first-order chi connectivity index (χ1) is 18.1. The van der Waals surface area contributed by atoms with Gasteiger partial charge >= 0.3 is 0 Å². The van der Waals surface area contributed by atoms with E-state index in [1.165, 1.54) is 0 Å². The summed E-state index contributed by atoms with van der Waals surface area (Å²) in [4.78, 5) is 22.9. The SMILES string of the molecule is CNc1cc(-c2cn([C@@H]3CCOC[C@@H]3OC)c3ncccc23)nc2c(C(=O)N[C@@H]3CC[C@H]3OC)cnn12. The molecule has 1 aliphatic carbocycles. The Morgan fingerprint density at radius 3 is 2.78 bits per heavy atom. The van der Waals surface area contributed by atoms with Crippen molar-refractivity contribution in [1.29, 1.82) is 0 Å². The van der Waals surface area contributed by atoms with Crippen LogP contribution < -0.4 is 10.6 Å². The van der Waals surface area contributed by atoms with Crippen LogP contribution in [0.25, 0.3) is 27.9 Å². The third kappa shape index (κ3) is 4.03. The highest BCUT2D eigenvalue weighted by Gasteiger charge is 2.33. The Balaban J connectivity index is 1.45. The molecule has 4 aromatic heterocycles. The fourth-order valence-corrected chi connectivity index (χ4v) is 5.39. The van der Waals surface area contributed by atoms with E-state index >= 15 is 0 Å². The first-order valence-electron chi connectivity index (χ1n) is 12.6. The summed E-state index contributed by atoms with van der Waals surface area (Å²) < 4.78 is 20.7. The van der Waals surface area contributed by atoms with Crippen LogP contribution in [0.4, 0.5) is 5.82 Å². The van der Waals surface area contributed by atoms with Gasteiger partial charge in [-0.25, -0.2) is 9.97 Å². The van der Waals surface area contributed by atoms with Crippen molar-refractivity contribution in [2.24, 2.45) is 0 Å². The fourth-order valence-electron chi connectivity index (χ4n) is 5.39. The van der Waals surface area contributed by atoms with Crippen molar-refractivity contribution < 1.29 is 19.0 Å². The Morgan fingerprint density at radius 1 is 1.16 bits per heavy atom.